The first-order chi connectivity index (χ1) is 21.5. The molecule has 0 spiro atoms. The third-order valence-corrected chi connectivity index (χ3v) is 9.09. The molecule has 3 heterocycles. The van der Waals surface area contributed by atoms with Crippen LogP contribution in [-0.4, -0.2) is 94.0 Å². The molecule has 1 aromatic heterocycles. The molecule has 1 unspecified atom stereocenters. The Balaban J connectivity index is 1.41. The first-order valence-corrected chi connectivity index (χ1v) is 16.4. The normalized spacial score (nSPS) is 22.9. The number of nitrogen functional groups attached to an aromatic ring is 1. The van der Waals surface area contributed by atoms with Gasteiger partial charge < -0.3 is 31.9 Å². The van der Waals surface area contributed by atoms with Crippen molar-refractivity contribution in [2.24, 2.45) is 10.7 Å². The zero-order chi connectivity index (χ0) is 33.9. The molecule has 0 bridgehead atoms. The van der Waals surface area contributed by atoms with Gasteiger partial charge in [0.25, 0.3) is 5.91 Å². The number of hydroxylamine groups is 3. The number of nitrogens with two attached hydrogens (primary N) is 2. The summed E-state index contributed by atoms with van der Waals surface area (Å²) < 4.78 is 41.2. The first-order valence-electron chi connectivity index (χ1n) is 13.7. The van der Waals surface area contributed by atoms with Crippen molar-refractivity contribution in [2.75, 3.05) is 25.4 Å². The summed E-state index contributed by atoms with van der Waals surface area (Å²) in [4.78, 5) is 50.0. The minimum absolute atomic E-state index is 0.0106. The largest absolute Gasteiger partial charge is 0.490 e. The molecule has 2 saturated heterocycles. The van der Waals surface area contributed by atoms with Crippen molar-refractivity contribution in [1.29, 1.82) is 0 Å². The summed E-state index contributed by atoms with van der Waals surface area (Å²) in [6.07, 6.45) is 0.316. The van der Waals surface area contributed by atoms with E-state index in [1.54, 1.807) is 24.3 Å². The van der Waals surface area contributed by atoms with Crippen LogP contribution in [0.3, 0.4) is 0 Å². The molecule has 252 valence electrons. The highest BCUT2D eigenvalue weighted by atomic mass is 32.3. The maximum Gasteiger partial charge on any atom is 0.418 e. The van der Waals surface area contributed by atoms with Gasteiger partial charge in [-0.25, -0.2) is 9.78 Å². The molecule has 2 aromatic rings. The Kier molecular flexibility index (Phi) is 10.8. The molecule has 1 aromatic carbocycles. The molecule has 0 aliphatic carbocycles. The molecule has 21 heteroatoms. The average molecular weight is 703 g/mol. The summed E-state index contributed by atoms with van der Waals surface area (Å²) in [7, 11) is -5.06. The predicted octanol–water partition coefficient (Wildman–Crippen LogP) is -0.625. The van der Waals surface area contributed by atoms with E-state index in [-0.39, 0.29) is 16.9 Å². The number of carbonyl (C=O) groups is 3. The Bertz CT molecular complexity index is 1580. The van der Waals surface area contributed by atoms with Gasteiger partial charge in [-0.05, 0) is 57.5 Å². The van der Waals surface area contributed by atoms with Crippen LogP contribution in [0.2, 0.25) is 0 Å². The molecule has 46 heavy (non-hydrogen) atoms. The van der Waals surface area contributed by atoms with Crippen molar-refractivity contribution >= 4 is 63.1 Å². The SMILES string of the molecule is CC1(C)N(OS(=O)(=O)O)C(=O)[C@@]1(S)NC(=O)C(NO[C@@H](COc1ccc(C(N)=N[C@@H]2CCCNC2)cc1)C(=O)O)c1csc(N)n1. The van der Waals surface area contributed by atoms with Gasteiger partial charge in [-0.15, -0.1) is 28.2 Å². The molecule has 2 aliphatic rings. The number of hydrogen-bond donors (Lipinski definition) is 8. The summed E-state index contributed by atoms with van der Waals surface area (Å²) in [5.74, 6) is -2.84. The molecule has 2 fully saturated rings. The number of hydrogen-bond acceptors (Lipinski definition) is 15. The summed E-state index contributed by atoms with van der Waals surface area (Å²) in [6.45, 7) is 3.84. The molecule has 9 N–H and O–H groups in total. The zero-order valence-corrected chi connectivity index (χ0v) is 27.1. The number of carbonyl (C=O) groups excluding carboxylic acids is 2. The Hall–Kier alpha value is -3.57. The van der Waals surface area contributed by atoms with E-state index in [0.717, 1.165) is 37.3 Å². The minimum Gasteiger partial charge on any atom is -0.490 e. The lowest BCUT2D eigenvalue weighted by atomic mass is 9.83. The van der Waals surface area contributed by atoms with Gasteiger partial charge in [0.15, 0.2) is 16.0 Å². The molecule has 0 saturated carbocycles. The van der Waals surface area contributed by atoms with Crippen molar-refractivity contribution in [1.82, 2.24) is 26.2 Å². The van der Waals surface area contributed by atoms with E-state index >= 15 is 0 Å². The lowest BCUT2D eigenvalue weighted by molar-refractivity contribution is -0.224. The van der Waals surface area contributed by atoms with E-state index in [9.17, 15) is 27.9 Å². The number of nitrogens with zero attached hydrogens (tertiary/aromatic N) is 3. The molecular weight excluding hydrogens is 669 g/mol. The number of nitrogens with one attached hydrogen (secondary N) is 3. The van der Waals surface area contributed by atoms with Crippen molar-refractivity contribution in [3.63, 3.8) is 0 Å². The number of thiazole rings is 1. The molecule has 0 radical (unpaired) electrons. The van der Waals surface area contributed by atoms with E-state index < -0.39 is 57.3 Å². The number of ether oxygens (including phenoxy) is 1. The Morgan fingerprint density at radius 3 is 2.57 bits per heavy atom. The number of rotatable bonds is 14. The van der Waals surface area contributed by atoms with Crippen LogP contribution in [-0.2, 0) is 33.9 Å². The van der Waals surface area contributed by atoms with E-state index in [0.29, 0.717) is 22.2 Å². The minimum atomic E-state index is -5.06. The second kappa shape index (κ2) is 14.0. The molecule has 4 rings (SSSR count). The lowest BCUT2D eigenvalue weighted by Gasteiger charge is -2.57. The van der Waals surface area contributed by atoms with Crippen molar-refractivity contribution < 1.29 is 46.3 Å². The Morgan fingerprint density at radius 2 is 2.02 bits per heavy atom. The number of piperidine rings is 1. The molecule has 2 amide bonds. The van der Waals surface area contributed by atoms with Crippen LogP contribution >= 0.6 is 24.0 Å². The molecular formula is C25H34N8O10S3. The van der Waals surface area contributed by atoms with Crippen LogP contribution in [0.5, 0.6) is 5.75 Å². The third-order valence-electron chi connectivity index (χ3n) is 7.21. The van der Waals surface area contributed by atoms with E-state index in [4.69, 9.17) is 25.6 Å². The highest BCUT2D eigenvalue weighted by molar-refractivity contribution is 7.83. The number of benzene rings is 1. The van der Waals surface area contributed by atoms with Crippen LogP contribution in [0, 0.1) is 0 Å². The predicted molar refractivity (Wildman–Crippen MR) is 167 cm³/mol. The highest BCUT2D eigenvalue weighted by Crippen LogP contribution is 2.45. The highest BCUT2D eigenvalue weighted by Gasteiger charge is 2.68. The van der Waals surface area contributed by atoms with Gasteiger partial charge in [-0.3, -0.25) is 24.0 Å². The number of carboxylic acid groups (broad SMARTS) is 1. The fourth-order valence-corrected chi connectivity index (χ4v) is 5.85. The summed E-state index contributed by atoms with van der Waals surface area (Å²) in [5.41, 5.74) is 13.3. The van der Waals surface area contributed by atoms with Crippen molar-refractivity contribution in [3.8, 4) is 5.75 Å². The van der Waals surface area contributed by atoms with Crippen LogP contribution < -0.4 is 32.3 Å². The molecule has 2 aliphatic heterocycles. The number of aliphatic imine (C=N–C) groups is 1. The quantitative estimate of drug-likeness (QED) is 0.0232. The van der Waals surface area contributed by atoms with Gasteiger partial charge in [0.1, 0.15) is 23.7 Å². The van der Waals surface area contributed by atoms with Crippen LogP contribution in [0.15, 0.2) is 34.6 Å². The van der Waals surface area contributed by atoms with Crippen LogP contribution in [0.25, 0.3) is 0 Å². The van der Waals surface area contributed by atoms with E-state index in [2.05, 4.69) is 43.0 Å². The van der Waals surface area contributed by atoms with Gasteiger partial charge in [-0.2, -0.15) is 19.0 Å². The Labute approximate surface area is 273 Å². The fraction of sp³-hybridized carbons (Fsp3) is 0.480. The second-order valence-electron chi connectivity index (χ2n) is 10.8. The number of aliphatic carboxylic acids is 1. The number of aromatic nitrogens is 1. The number of carboxylic acids is 1. The summed E-state index contributed by atoms with van der Waals surface area (Å²) >= 11 is 5.23. The number of amidine groups is 1. The number of anilines is 1. The smallest absolute Gasteiger partial charge is 0.418 e. The summed E-state index contributed by atoms with van der Waals surface area (Å²) in [5, 5.41) is 17.2. The van der Waals surface area contributed by atoms with Crippen LogP contribution in [0.1, 0.15) is 44.0 Å². The van der Waals surface area contributed by atoms with Crippen molar-refractivity contribution in [2.45, 2.75) is 55.3 Å². The monoisotopic (exact) mass is 702 g/mol. The Morgan fingerprint density at radius 1 is 1.33 bits per heavy atom. The molecule has 4 atom stereocenters. The second-order valence-corrected chi connectivity index (χ2v) is 13.4. The van der Waals surface area contributed by atoms with Crippen LogP contribution in [0.4, 0.5) is 5.13 Å². The van der Waals surface area contributed by atoms with Crippen molar-refractivity contribution in [3.05, 3.63) is 40.9 Å². The van der Waals surface area contributed by atoms with Gasteiger partial charge in [0.2, 0.25) is 12.0 Å². The third kappa shape index (κ3) is 8.04. The van der Waals surface area contributed by atoms with E-state index in [1.807, 2.05) is 0 Å². The number of amides is 2. The maximum absolute atomic E-state index is 13.4. The lowest BCUT2D eigenvalue weighted by Crippen LogP contribution is -2.83. The standard InChI is InChI=1S/C25H34N8O10S3/c1-24(2)25(44,22(37)33(24)43-46(38,39)40)31-20(34)18(16-12-45-23(27)30-16)32-42-17(21(35)36)11-41-15-7-5-13(6-8-15)19(26)29-14-4-3-9-28-10-14/h5-8,12,14,17-18,28,32,44H,3-4,9-11H2,1-2H3,(H2,26,29)(H2,27,30)(H,31,34)(H,35,36)(H,38,39,40)/t14-,17+,18?,25+/m1/s1. The number of β-lactam (4-membered cyclic amide) rings is 1. The fourth-order valence-electron chi connectivity index (χ4n) is 4.53. The summed E-state index contributed by atoms with van der Waals surface area (Å²) in [6, 6.07) is 5.12. The molecule has 18 nitrogen and oxygen atoms in total. The average Bonchev–Trinajstić information content (AvgIpc) is 3.42. The topological polar surface area (TPSA) is 270 Å². The first kappa shape index (κ1) is 35.3. The van der Waals surface area contributed by atoms with E-state index in [1.165, 1.54) is 19.2 Å². The zero-order valence-electron chi connectivity index (χ0n) is 24.6. The van der Waals surface area contributed by atoms with Gasteiger partial charge >= 0.3 is 16.4 Å². The van der Waals surface area contributed by atoms with Gasteiger partial charge in [0, 0.05) is 17.5 Å². The van der Waals surface area contributed by atoms with Gasteiger partial charge in [-0.1, -0.05) is 0 Å². The maximum atomic E-state index is 13.4. The number of thiol groups is 1. The van der Waals surface area contributed by atoms with Gasteiger partial charge in [0.05, 0.1) is 11.7 Å².